The quantitative estimate of drug-likeness (QED) is 0.171. The molecule has 0 saturated heterocycles. The summed E-state index contributed by atoms with van der Waals surface area (Å²) in [5, 5.41) is 14.8. The Morgan fingerprint density at radius 2 is 1.76 bits per heavy atom. The van der Waals surface area contributed by atoms with Gasteiger partial charge in [-0.3, -0.25) is 24.0 Å². The zero-order valence-corrected chi connectivity index (χ0v) is 27.8. The Balaban J connectivity index is 2.19. The highest BCUT2D eigenvalue weighted by atomic mass is 35.5. The monoisotopic (exact) mass is 658 g/mol. The first-order valence-corrected chi connectivity index (χ1v) is 16.3. The number of benzene rings is 3. The lowest BCUT2D eigenvalue weighted by atomic mass is 10.1. The predicted octanol–water partition coefficient (Wildman–Crippen LogP) is 5.79. The Kier molecular flexibility index (Phi) is 11.9. The molecule has 1 N–H and O–H groups in total. The molecule has 3 aromatic rings. The fourth-order valence-electron chi connectivity index (χ4n) is 4.81. The molecule has 2 amide bonds. The Bertz CT molecular complexity index is 1660. The third kappa shape index (κ3) is 8.52. The van der Waals surface area contributed by atoms with Crippen LogP contribution in [0.2, 0.25) is 5.02 Å². The van der Waals surface area contributed by atoms with Gasteiger partial charge in [-0.1, -0.05) is 61.3 Å². The molecule has 3 rings (SSSR count). The van der Waals surface area contributed by atoms with Crippen LogP contribution in [0.3, 0.4) is 0 Å². The predicted molar refractivity (Wildman–Crippen MR) is 174 cm³/mol. The molecule has 0 fully saturated rings. The molecular weight excluding hydrogens is 620 g/mol. The molecular formula is C32H39ClN4O7S. The average Bonchev–Trinajstić information content (AvgIpc) is 2.99. The lowest BCUT2D eigenvalue weighted by Crippen LogP contribution is -2.53. The summed E-state index contributed by atoms with van der Waals surface area (Å²) in [6.07, 6.45) is 0.939. The van der Waals surface area contributed by atoms with Crippen molar-refractivity contribution < 1.29 is 27.7 Å². The Hall–Kier alpha value is -4.16. The molecule has 3 aromatic carbocycles. The molecule has 0 heterocycles. The minimum atomic E-state index is -4.62. The first kappa shape index (κ1) is 35.3. The molecule has 0 bridgehead atoms. The summed E-state index contributed by atoms with van der Waals surface area (Å²) >= 11 is 6.28. The van der Waals surface area contributed by atoms with Gasteiger partial charge < -0.3 is 15.0 Å². The highest BCUT2D eigenvalue weighted by Gasteiger charge is 2.36. The highest BCUT2D eigenvalue weighted by Crippen LogP contribution is 2.36. The third-order valence-corrected chi connectivity index (χ3v) is 9.47. The summed E-state index contributed by atoms with van der Waals surface area (Å²) in [7, 11) is -3.28. The van der Waals surface area contributed by atoms with Crippen molar-refractivity contribution in [2.24, 2.45) is 0 Å². The molecule has 0 unspecified atom stereocenters. The second kappa shape index (κ2) is 15.2. The molecule has 0 spiro atoms. The molecule has 0 aliphatic rings. The van der Waals surface area contributed by atoms with Crippen molar-refractivity contribution in [1.82, 2.24) is 10.2 Å². The van der Waals surface area contributed by atoms with Crippen LogP contribution in [0, 0.1) is 24.0 Å². The molecule has 13 heteroatoms. The van der Waals surface area contributed by atoms with Crippen molar-refractivity contribution in [3.8, 4) is 5.75 Å². The minimum Gasteiger partial charge on any atom is -0.495 e. The molecule has 0 aromatic heterocycles. The van der Waals surface area contributed by atoms with Crippen molar-refractivity contribution in [2.75, 3.05) is 18.0 Å². The van der Waals surface area contributed by atoms with E-state index in [1.54, 1.807) is 6.92 Å². The van der Waals surface area contributed by atoms with Gasteiger partial charge in [0.25, 0.3) is 15.7 Å². The molecule has 242 valence electrons. The van der Waals surface area contributed by atoms with Crippen LogP contribution in [0.5, 0.6) is 5.75 Å². The average molecular weight is 659 g/mol. The second-order valence-electron chi connectivity index (χ2n) is 10.8. The number of hydrogen-bond acceptors (Lipinski definition) is 7. The van der Waals surface area contributed by atoms with Crippen molar-refractivity contribution in [3.05, 3.63) is 92.5 Å². The minimum absolute atomic E-state index is 0.0313. The maximum Gasteiger partial charge on any atom is 0.273 e. The van der Waals surface area contributed by atoms with Gasteiger partial charge in [-0.05, 0) is 63.4 Å². The zero-order chi connectivity index (χ0) is 33.5. The molecule has 2 atom stereocenters. The van der Waals surface area contributed by atoms with E-state index in [9.17, 15) is 28.1 Å². The van der Waals surface area contributed by atoms with E-state index in [2.05, 4.69) is 5.32 Å². The summed E-state index contributed by atoms with van der Waals surface area (Å²) in [5.41, 5.74) is 1.53. The number of halogens is 1. The highest BCUT2D eigenvalue weighted by molar-refractivity contribution is 7.92. The number of nitrogens with zero attached hydrogens (tertiary/aromatic N) is 3. The van der Waals surface area contributed by atoms with E-state index in [0.29, 0.717) is 6.42 Å². The maximum atomic E-state index is 14.3. The normalized spacial score (nSPS) is 12.6. The van der Waals surface area contributed by atoms with E-state index in [4.69, 9.17) is 16.3 Å². The number of sulfonamides is 1. The van der Waals surface area contributed by atoms with Gasteiger partial charge >= 0.3 is 0 Å². The Morgan fingerprint density at radius 1 is 1.04 bits per heavy atom. The number of amides is 2. The largest absolute Gasteiger partial charge is 0.495 e. The number of methoxy groups -OCH3 is 1. The van der Waals surface area contributed by atoms with Crippen LogP contribution in [0.25, 0.3) is 0 Å². The first-order valence-electron chi connectivity index (χ1n) is 14.5. The van der Waals surface area contributed by atoms with Gasteiger partial charge in [0.2, 0.25) is 11.8 Å². The molecule has 45 heavy (non-hydrogen) atoms. The molecule has 0 aliphatic carbocycles. The standard InChI is InChI=1S/C32H39ClN4O7S/c1-7-23(5)34-32(39)27(8-2)35(19-24-11-9-10-21(3)16-24)31(38)20-36(29-17-25(33)13-15-30(29)44-6)45(42,43)26-14-12-22(4)28(18-26)37(40)41/h9-18,23,27H,7-8,19-20H2,1-6H3,(H,34,39)/t23-,27+/m1/s1. The van der Waals surface area contributed by atoms with Gasteiger partial charge in [0.15, 0.2) is 0 Å². The maximum absolute atomic E-state index is 14.3. The number of nitro benzene ring substituents is 1. The van der Waals surface area contributed by atoms with E-state index in [-0.39, 0.29) is 46.9 Å². The summed E-state index contributed by atoms with van der Waals surface area (Å²) in [6.45, 7) is 8.24. The van der Waals surface area contributed by atoms with Crippen molar-refractivity contribution in [1.29, 1.82) is 0 Å². The van der Waals surface area contributed by atoms with E-state index >= 15 is 0 Å². The number of nitro groups is 1. The van der Waals surface area contributed by atoms with Crippen molar-refractivity contribution >= 4 is 44.8 Å². The number of anilines is 1. The van der Waals surface area contributed by atoms with Gasteiger partial charge in [0.05, 0.1) is 22.6 Å². The Labute approximate surface area is 269 Å². The number of aryl methyl sites for hydroxylation is 2. The summed E-state index contributed by atoms with van der Waals surface area (Å²) in [6, 6.07) is 14.2. The van der Waals surface area contributed by atoms with Crippen molar-refractivity contribution in [3.63, 3.8) is 0 Å². The summed E-state index contributed by atoms with van der Waals surface area (Å²) in [5.74, 6) is -0.934. The first-order chi connectivity index (χ1) is 21.2. The van der Waals surface area contributed by atoms with E-state index < -0.39 is 44.0 Å². The SMILES string of the molecule is CC[C@@H](C)NC(=O)[C@H](CC)N(Cc1cccc(C)c1)C(=O)CN(c1cc(Cl)ccc1OC)S(=O)(=O)c1ccc(C)c([N+](=O)[O-])c1. The number of carbonyl (C=O) groups is 2. The molecule has 0 aliphatic heterocycles. The van der Waals surface area contributed by atoms with E-state index in [1.165, 1.54) is 49.3 Å². The van der Waals surface area contributed by atoms with Crippen LogP contribution in [-0.4, -0.2) is 55.8 Å². The van der Waals surface area contributed by atoms with Crippen LogP contribution in [0.15, 0.2) is 65.6 Å². The lowest BCUT2D eigenvalue weighted by Gasteiger charge is -2.34. The van der Waals surface area contributed by atoms with Gasteiger partial charge in [0, 0.05) is 29.2 Å². The number of hydrogen-bond donors (Lipinski definition) is 1. The fraction of sp³-hybridized carbons (Fsp3) is 0.375. The number of nitrogens with one attached hydrogen (secondary N) is 1. The van der Waals surface area contributed by atoms with Gasteiger partial charge in [-0.25, -0.2) is 8.42 Å². The molecule has 0 radical (unpaired) electrons. The Morgan fingerprint density at radius 3 is 2.36 bits per heavy atom. The van der Waals surface area contributed by atoms with E-state index in [1.807, 2.05) is 45.0 Å². The van der Waals surface area contributed by atoms with Crippen LogP contribution >= 0.6 is 11.6 Å². The lowest BCUT2D eigenvalue weighted by molar-refractivity contribution is -0.385. The van der Waals surface area contributed by atoms with Crippen LogP contribution in [0.4, 0.5) is 11.4 Å². The smallest absolute Gasteiger partial charge is 0.273 e. The number of carbonyl (C=O) groups excluding carboxylic acids is 2. The second-order valence-corrected chi connectivity index (χ2v) is 13.1. The van der Waals surface area contributed by atoms with Gasteiger partial charge in [-0.15, -0.1) is 0 Å². The summed E-state index contributed by atoms with van der Waals surface area (Å²) in [4.78, 5) is 39.8. The molecule has 0 saturated carbocycles. The van der Waals surface area contributed by atoms with Crippen LogP contribution in [0.1, 0.15) is 50.3 Å². The summed E-state index contributed by atoms with van der Waals surface area (Å²) < 4.78 is 34.8. The number of ether oxygens (including phenoxy) is 1. The third-order valence-electron chi connectivity index (χ3n) is 7.48. The van der Waals surface area contributed by atoms with Gasteiger partial charge in [-0.2, -0.15) is 0 Å². The fourth-order valence-corrected chi connectivity index (χ4v) is 6.42. The topological polar surface area (TPSA) is 139 Å². The van der Waals surface area contributed by atoms with Gasteiger partial charge in [0.1, 0.15) is 18.3 Å². The van der Waals surface area contributed by atoms with Crippen LogP contribution < -0.4 is 14.4 Å². The number of rotatable bonds is 14. The zero-order valence-electron chi connectivity index (χ0n) is 26.2. The van der Waals surface area contributed by atoms with Crippen LogP contribution in [-0.2, 0) is 26.2 Å². The van der Waals surface area contributed by atoms with E-state index in [0.717, 1.165) is 21.5 Å². The molecule has 11 nitrogen and oxygen atoms in total. The van der Waals surface area contributed by atoms with Crippen molar-refractivity contribution in [2.45, 2.75) is 71.0 Å².